The molecule has 2 nitrogen and oxygen atoms in total. The maximum Gasteiger partial charge on any atom is 0.157 e. The minimum absolute atomic E-state index is 0.265. The van der Waals surface area contributed by atoms with Crippen LogP contribution in [0.25, 0.3) is 0 Å². The van der Waals surface area contributed by atoms with E-state index in [0.29, 0.717) is 11.8 Å². The van der Waals surface area contributed by atoms with Crippen LogP contribution in [0.15, 0.2) is 13.2 Å². The van der Waals surface area contributed by atoms with E-state index in [0.717, 1.165) is 12.8 Å². The predicted octanol–water partition coefficient (Wildman–Crippen LogP) is 2.58. The van der Waals surface area contributed by atoms with Gasteiger partial charge < -0.3 is 9.84 Å². The summed E-state index contributed by atoms with van der Waals surface area (Å²) < 4.78 is 5.42. The molecular weight excluding hydrogens is 164 g/mol. The third-order valence-electron chi connectivity index (χ3n) is 2.45. The molecule has 0 amide bonds. The van der Waals surface area contributed by atoms with Crippen LogP contribution < -0.4 is 0 Å². The first kappa shape index (κ1) is 12.7. The molecule has 1 rings (SSSR count). The Morgan fingerprint density at radius 3 is 2.23 bits per heavy atom. The summed E-state index contributed by atoms with van der Waals surface area (Å²) >= 11 is 0. The Bertz CT molecular complexity index is 134. The highest BCUT2D eigenvalue weighted by Crippen LogP contribution is 2.26. The second-order valence-electron chi connectivity index (χ2n) is 3.86. The van der Waals surface area contributed by atoms with E-state index in [-0.39, 0.29) is 6.10 Å². The van der Waals surface area contributed by atoms with E-state index in [9.17, 15) is 5.11 Å². The molecule has 3 atom stereocenters. The lowest BCUT2D eigenvalue weighted by Gasteiger charge is -2.33. The van der Waals surface area contributed by atoms with Crippen molar-refractivity contribution in [1.29, 1.82) is 0 Å². The van der Waals surface area contributed by atoms with Crippen LogP contribution in [0.4, 0.5) is 0 Å². The Morgan fingerprint density at radius 2 is 1.85 bits per heavy atom. The molecule has 0 radical (unpaired) electrons. The summed E-state index contributed by atoms with van der Waals surface area (Å²) in [6.07, 6.45) is 1.91. The zero-order valence-corrected chi connectivity index (χ0v) is 8.99. The van der Waals surface area contributed by atoms with Crippen molar-refractivity contribution in [3.05, 3.63) is 13.2 Å². The van der Waals surface area contributed by atoms with E-state index in [1.165, 1.54) is 0 Å². The van der Waals surface area contributed by atoms with Gasteiger partial charge in [-0.05, 0) is 18.8 Å². The maximum atomic E-state index is 9.37. The molecule has 0 aromatic rings. The number of hydrogen-bond donors (Lipinski definition) is 1. The van der Waals surface area contributed by atoms with Crippen molar-refractivity contribution in [2.75, 3.05) is 0 Å². The SMILES string of the molecule is C=C.CC(C)C1CCC(C)C(O)O1. The molecule has 0 saturated carbocycles. The smallest absolute Gasteiger partial charge is 0.157 e. The minimum atomic E-state index is -0.531. The van der Waals surface area contributed by atoms with Crippen LogP contribution in [0.5, 0.6) is 0 Å². The lowest BCUT2D eigenvalue weighted by molar-refractivity contribution is -0.199. The summed E-state index contributed by atoms with van der Waals surface area (Å²) in [6, 6.07) is 0. The van der Waals surface area contributed by atoms with E-state index < -0.39 is 6.29 Å². The molecule has 1 fully saturated rings. The second-order valence-corrected chi connectivity index (χ2v) is 3.86. The van der Waals surface area contributed by atoms with Crippen molar-refractivity contribution >= 4 is 0 Å². The highest BCUT2D eigenvalue weighted by atomic mass is 16.6. The normalized spacial score (nSPS) is 33.8. The van der Waals surface area contributed by atoms with E-state index in [2.05, 4.69) is 27.0 Å². The first-order valence-corrected chi connectivity index (χ1v) is 4.94. The van der Waals surface area contributed by atoms with Crippen LogP contribution in [-0.2, 0) is 4.74 Å². The monoisotopic (exact) mass is 186 g/mol. The molecule has 78 valence electrons. The zero-order chi connectivity index (χ0) is 10.4. The van der Waals surface area contributed by atoms with Gasteiger partial charge in [-0.2, -0.15) is 0 Å². The van der Waals surface area contributed by atoms with Gasteiger partial charge in [0.2, 0.25) is 0 Å². The topological polar surface area (TPSA) is 29.5 Å². The highest BCUT2D eigenvalue weighted by Gasteiger charge is 2.27. The van der Waals surface area contributed by atoms with Crippen molar-refractivity contribution in [3.8, 4) is 0 Å². The molecule has 1 aliphatic rings. The van der Waals surface area contributed by atoms with E-state index in [4.69, 9.17) is 4.74 Å². The van der Waals surface area contributed by atoms with Gasteiger partial charge in [0.1, 0.15) is 0 Å². The van der Waals surface area contributed by atoms with Crippen LogP contribution in [0.2, 0.25) is 0 Å². The van der Waals surface area contributed by atoms with E-state index in [1.807, 2.05) is 6.92 Å². The number of aliphatic hydroxyl groups is 1. The Balaban J connectivity index is 0.000000671. The lowest BCUT2D eigenvalue weighted by atomic mass is 9.93. The van der Waals surface area contributed by atoms with Gasteiger partial charge >= 0.3 is 0 Å². The Morgan fingerprint density at radius 1 is 1.31 bits per heavy atom. The van der Waals surface area contributed by atoms with E-state index in [1.54, 1.807) is 0 Å². The van der Waals surface area contributed by atoms with Gasteiger partial charge in [-0.15, -0.1) is 13.2 Å². The molecule has 1 aliphatic heterocycles. The van der Waals surface area contributed by atoms with Crippen LogP contribution in [0, 0.1) is 11.8 Å². The zero-order valence-electron chi connectivity index (χ0n) is 8.99. The standard InChI is InChI=1S/C9H18O2.C2H4/c1-6(2)8-5-4-7(3)9(10)11-8;1-2/h6-10H,4-5H2,1-3H3;1-2H2. The number of aliphatic hydroxyl groups excluding tert-OH is 1. The average Bonchev–Trinajstić information content (AvgIpc) is 2.13. The predicted molar refractivity (Wildman–Crippen MR) is 55.4 cm³/mol. The Kier molecular flexibility index (Phi) is 6.00. The van der Waals surface area contributed by atoms with Gasteiger partial charge in [-0.3, -0.25) is 0 Å². The summed E-state index contributed by atoms with van der Waals surface area (Å²) in [7, 11) is 0. The summed E-state index contributed by atoms with van der Waals surface area (Å²) in [6.45, 7) is 12.3. The van der Waals surface area contributed by atoms with Crippen molar-refractivity contribution < 1.29 is 9.84 Å². The molecule has 0 aliphatic carbocycles. The average molecular weight is 186 g/mol. The first-order valence-electron chi connectivity index (χ1n) is 4.94. The lowest BCUT2D eigenvalue weighted by Crippen LogP contribution is -2.36. The third-order valence-corrected chi connectivity index (χ3v) is 2.45. The quantitative estimate of drug-likeness (QED) is 0.638. The second kappa shape index (κ2) is 6.17. The molecule has 0 bridgehead atoms. The van der Waals surface area contributed by atoms with Crippen molar-refractivity contribution in [2.24, 2.45) is 11.8 Å². The summed E-state index contributed by atoms with van der Waals surface area (Å²) in [5.74, 6) is 0.835. The Labute approximate surface area is 81.6 Å². The largest absolute Gasteiger partial charge is 0.368 e. The molecule has 1 saturated heterocycles. The molecule has 0 aromatic carbocycles. The minimum Gasteiger partial charge on any atom is -0.368 e. The van der Waals surface area contributed by atoms with Crippen LogP contribution in [0.3, 0.4) is 0 Å². The summed E-state index contributed by atoms with van der Waals surface area (Å²) in [5.41, 5.74) is 0. The fraction of sp³-hybridized carbons (Fsp3) is 0.818. The van der Waals surface area contributed by atoms with Gasteiger partial charge in [0.25, 0.3) is 0 Å². The van der Waals surface area contributed by atoms with Crippen LogP contribution in [-0.4, -0.2) is 17.5 Å². The fourth-order valence-electron chi connectivity index (χ4n) is 1.44. The van der Waals surface area contributed by atoms with E-state index >= 15 is 0 Å². The highest BCUT2D eigenvalue weighted by molar-refractivity contribution is 4.72. The molecule has 0 aromatic heterocycles. The number of hydrogen-bond acceptors (Lipinski definition) is 2. The van der Waals surface area contributed by atoms with Gasteiger partial charge in [0.15, 0.2) is 6.29 Å². The van der Waals surface area contributed by atoms with Crippen molar-refractivity contribution in [3.63, 3.8) is 0 Å². The maximum absolute atomic E-state index is 9.37. The van der Waals surface area contributed by atoms with Crippen LogP contribution in [0.1, 0.15) is 33.6 Å². The molecule has 0 spiro atoms. The van der Waals surface area contributed by atoms with Gasteiger partial charge in [0.05, 0.1) is 6.10 Å². The fourth-order valence-corrected chi connectivity index (χ4v) is 1.44. The van der Waals surface area contributed by atoms with Crippen LogP contribution >= 0.6 is 0 Å². The molecular formula is C11H22O2. The van der Waals surface area contributed by atoms with Gasteiger partial charge in [-0.25, -0.2) is 0 Å². The molecule has 1 N–H and O–H groups in total. The summed E-state index contributed by atoms with van der Waals surface area (Å²) in [4.78, 5) is 0. The Hall–Kier alpha value is -0.340. The van der Waals surface area contributed by atoms with Crippen molar-refractivity contribution in [2.45, 2.75) is 46.0 Å². The third kappa shape index (κ3) is 3.92. The van der Waals surface area contributed by atoms with Crippen molar-refractivity contribution in [1.82, 2.24) is 0 Å². The first-order chi connectivity index (χ1) is 6.11. The number of ether oxygens (including phenoxy) is 1. The summed E-state index contributed by atoms with van der Waals surface area (Å²) in [5, 5.41) is 9.37. The molecule has 2 heteroatoms. The van der Waals surface area contributed by atoms with Gasteiger partial charge in [-0.1, -0.05) is 20.8 Å². The number of rotatable bonds is 1. The molecule has 13 heavy (non-hydrogen) atoms. The molecule has 1 heterocycles. The molecule has 3 unspecified atom stereocenters. The van der Waals surface area contributed by atoms with Gasteiger partial charge in [0, 0.05) is 5.92 Å².